The summed E-state index contributed by atoms with van der Waals surface area (Å²) < 4.78 is 34.4. The maximum atomic E-state index is 12.4. The van der Waals surface area contributed by atoms with E-state index in [0.717, 1.165) is 57.2 Å². The van der Waals surface area contributed by atoms with Crippen LogP contribution in [0.3, 0.4) is 0 Å². The lowest BCUT2D eigenvalue weighted by Crippen LogP contribution is -2.55. The van der Waals surface area contributed by atoms with Gasteiger partial charge in [0.1, 0.15) is 5.75 Å². The molecule has 1 aliphatic heterocycles. The quantitative estimate of drug-likeness (QED) is 0.135. The first-order valence-electron chi connectivity index (χ1n) is 17.1. The Kier molecular flexibility index (Phi) is 10.7. The molecule has 0 aromatic heterocycles. The second-order valence-electron chi connectivity index (χ2n) is 13.3. The van der Waals surface area contributed by atoms with E-state index in [4.69, 9.17) is 9.84 Å². The van der Waals surface area contributed by atoms with Gasteiger partial charge in [-0.15, -0.1) is 0 Å². The van der Waals surface area contributed by atoms with Crippen LogP contribution >= 0.6 is 0 Å². The number of hydrogen-bond donors (Lipinski definition) is 4. The number of benzene rings is 4. The predicted octanol–water partition coefficient (Wildman–Crippen LogP) is 6.02. The Hall–Kier alpha value is -4.22. The third-order valence-corrected chi connectivity index (χ3v) is 11.4. The van der Waals surface area contributed by atoms with E-state index in [1.807, 2.05) is 24.3 Å². The van der Waals surface area contributed by atoms with Crippen molar-refractivity contribution in [3.63, 3.8) is 0 Å². The van der Waals surface area contributed by atoms with Crippen LogP contribution in [0.4, 0.5) is 4.79 Å². The van der Waals surface area contributed by atoms with Gasteiger partial charge in [-0.25, -0.2) is 9.52 Å². The lowest BCUT2D eigenvalue weighted by atomic mass is 9.68. The van der Waals surface area contributed by atoms with E-state index in [0.29, 0.717) is 17.8 Å². The Morgan fingerprint density at radius 1 is 0.796 bits per heavy atom. The first kappa shape index (κ1) is 34.6. The van der Waals surface area contributed by atoms with Gasteiger partial charge in [-0.2, -0.15) is 13.1 Å². The maximum Gasteiger partial charge on any atom is 0.419 e. The van der Waals surface area contributed by atoms with Crippen LogP contribution in [-0.4, -0.2) is 63.3 Å². The van der Waals surface area contributed by atoms with E-state index in [1.165, 1.54) is 16.7 Å². The van der Waals surface area contributed by atoms with E-state index in [1.54, 1.807) is 11.8 Å². The van der Waals surface area contributed by atoms with Gasteiger partial charge in [0.15, 0.2) is 0 Å². The van der Waals surface area contributed by atoms with Crippen molar-refractivity contribution >= 4 is 16.3 Å². The molecule has 4 aromatic carbocycles. The molecule has 4 N–H and O–H groups in total. The number of amides is 1. The topological polar surface area (TPSA) is 120 Å². The molecule has 2 aliphatic rings. The summed E-state index contributed by atoms with van der Waals surface area (Å²) in [5.74, 6) is 0.702. The van der Waals surface area contributed by atoms with Crippen molar-refractivity contribution < 1.29 is 23.1 Å². The summed E-state index contributed by atoms with van der Waals surface area (Å²) in [5, 5.41) is 13.0. The van der Waals surface area contributed by atoms with Crippen LogP contribution in [-0.2, 0) is 21.2 Å². The molecule has 49 heavy (non-hydrogen) atoms. The van der Waals surface area contributed by atoms with Crippen molar-refractivity contribution in [1.82, 2.24) is 19.7 Å². The number of likely N-dealkylation sites (tertiary alicyclic amines) is 1. The molecule has 258 valence electrons. The monoisotopic (exact) mass is 682 g/mol. The molecule has 1 amide bonds. The van der Waals surface area contributed by atoms with Gasteiger partial charge in [-0.05, 0) is 72.9 Å². The van der Waals surface area contributed by atoms with E-state index in [2.05, 4.69) is 106 Å². The molecule has 0 bridgehead atoms. The normalized spacial score (nSPS) is 20.8. The molecule has 1 saturated carbocycles. The molecule has 1 heterocycles. The number of ether oxygens (including phenoxy) is 1. The number of rotatable bonds is 12. The minimum atomic E-state index is -4.21. The Bertz CT molecular complexity index is 1680. The third kappa shape index (κ3) is 7.68. The van der Waals surface area contributed by atoms with Crippen LogP contribution in [0.25, 0.3) is 0 Å². The Morgan fingerprint density at radius 2 is 1.31 bits per heavy atom. The SMILES string of the molecule is COc1cccc([C@]2(CNS(=O)(=O)NC(=O)O)CC[C@@H](NC3CCN(C(c4ccccc4)(c4ccccc4)c4ccccc4)CC3)CC2)c1. The van der Waals surface area contributed by atoms with Crippen LogP contribution in [0.2, 0.25) is 0 Å². The van der Waals surface area contributed by atoms with Gasteiger partial charge >= 0.3 is 16.3 Å². The highest BCUT2D eigenvalue weighted by Gasteiger charge is 2.44. The molecule has 6 rings (SSSR count). The van der Waals surface area contributed by atoms with Crippen molar-refractivity contribution in [2.75, 3.05) is 26.7 Å². The second kappa shape index (κ2) is 15.1. The summed E-state index contributed by atoms with van der Waals surface area (Å²) in [6.45, 7) is 1.94. The molecule has 9 nitrogen and oxygen atoms in total. The molecule has 0 unspecified atom stereocenters. The average Bonchev–Trinajstić information content (AvgIpc) is 3.13. The zero-order valence-electron chi connectivity index (χ0n) is 27.9. The number of piperidine rings is 1. The minimum absolute atomic E-state index is 0.0917. The molecule has 1 saturated heterocycles. The van der Waals surface area contributed by atoms with Crippen LogP contribution in [0.15, 0.2) is 115 Å². The number of nitrogens with one attached hydrogen (secondary N) is 3. The molecule has 0 spiro atoms. The summed E-state index contributed by atoms with van der Waals surface area (Å²) >= 11 is 0. The zero-order chi connectivity index (χ0) is 34.3. The maximum absolute atomic E-state index is 12.4. The van der Waals surface area contributed by atoms with E-state index in [-0.39, 0.29) is 6.54 Å². The van der Waals surface area contributed by atoms with Crippen LogP contribution < -0.4 is 19.5 Å². The number of nitrogens with zero attached hydrogens (tertiary/aromatic N) is 1. The lowest BCUT2D eigenvalue weighted by Gasteiger charge is -2.49. The zero-order valence-corrected chi connectivity index (χ0v) is 28.7. The summed E-state index contributed by atoms with van der Waals surface area (Å²) in [6.07, 6.45) is 3.62. The van der Waals surface area contributed by atoms with Crippen molar-refractivity contribution in [2.45, 2.75) is 61.6 Å². The second-order valence-corrected chi connectivity index (χ2v) is 14.8. The van der Waals surface area contributed by atoms with Gasteiger partial charge < -0.3 is 15.2 Å². The van der Waals surface area contributed by atoms with Gasteiger partial charge in [0, 0.05) is 37.1 Å². The van der Waals surface area contributed by atoms with E-state index >= 15 is 0 Å². The molecule has 1 aliphatic carbocycles. The Balaban J connectivity index is 1.17. The average molecular weight is 683 g/mol. The summed E-state index contributed by atoms with van der Waals surface area (Å²) in [4.78, 5) is 13.7. The molecule has 2 fully saturated rings. The predicted molar refractivity (Wildman–Crippen MR) is 192 cm³/mol. The minimum Gasteiger partial charge on any atom is -0.497 e. The van der Waals surface area contributed by atoms with Crippen LogP contribution in [0.1, 0.15) is 60.8 Å². The molecule has 4 aromatic rings. The van der Waals surface area contributed by atoms with Gasteiger partial charge in [-0.1, -0.05) is 103 Å². The lowest BCUT2D eigenvalue weighted by molar-refractivity contribution is 0.104. The molecule has 10 heteroatoms. The molecular weight excluding hydrogens is 637 g/mol. The highest BCUT2D eigenvalue weighted by Crippen LogP contribution is 2.44. The van der Waals surface area contributed by atoms with E-state index in [9.17, 15) is 13.2 Å². The van der Waals surface area contributed by atoms with Gasteiger partial charge in [-0.3, -0.25) is 4.90 Å². The van der Waals surface area contributed by atoms with Crippen molar-refractivity contribution in [1.29, 1.82) is 0 Å². The summed E-state index contributed by atoms with van der Waals surface area (Å²) in [6, 6.07) is 40.9. The largest absolute Gasteiger partial charge is 0.497 e. The highest BCUT2D eigenvalue weighted by atomic mass is 32.2. The fraction of sp³-hybridized carbons (Fsp3) is 0.359. The fourth-order valence-electron chi connectivity index (χ4n) is 8.04. The molecule has 0 atom stereocenters. The van der Waals surface area contributed by atoms with Crippen LogP contribution in [0.5, 0.6) is 5.75 Å². The fourth-order valence-corrected chi connectivity index (χ4v) is 8.81. The first-order valence-corrected chi connectivity index (χ1v) is 18.5. The number of carboxylic acid groups (broad SMARTS) is 1. The number of carbonyl (C=O) groups is 1. The number of hydrogen-bond acceptors (Lipinski definition) is 6. The molecular formula is C39H46N4O5S. The standard InChI is InChI=1S/C39H46N4O5S/c1-48-36-19-11-18-33(28-36)38(29-40-49(46,47)42-37(44)45)24-20-34(21-25-38)41-35-22-26-43(27-23-35)39(30-12-5-2-6-13-30,31-14-7-3-8-15-31)32-16-9-4-10-17-32/h2-19,28,34-35,40-42H,20-27,29H2,1H3,(H,44,45)/t34-,38-. The Labute approximate surface area is 289 Å². The van der Waals surface area contributed by atoms with Crippen LogP contribution in [0, 0.1) is 0 Å². The Morgan fingerprint density at radius 3 is 1.80 bits per heavy atom. The third-order valence-electron chi connectivity index (χ3n) is 10.5. The van der Waals surface area contributed by atoms with E-state index < -0.39 is 27.3 Å². The summed E-state index contributed by atoms with van der Waals surface area (Å²) in [5.41, 5.74) is 3.84. The van der Waals surface area contributed by atoms with Crippen molar-refractivity contribution in [3.05, 3.63) is 138 Å². The van der Waals surface area contributed by atoms with Crippen molar-refractivity contribution in [2.24, 2.45) is 0 Å². The smallest absolute Gasteiger partial charge is 0.419 e. The van der Waals surface area contributed by atoms with Gasteiger partial charge in [0.25, 0.3) is 0 Å². The van der Waals surface area contributed by atoms with Gasteiger partial charge in [0.05, 0.1) is 12.6 Å². The highest BCUT2D eigenvalue weighted by molar-refractivity contribution is 7.88. The van der Waals surface area contributed by atoms with Crippen molar-refractivity contribution in [3.8, 4) is 5.75 Å². The number of methoxy groups -OCH3 is 1. The first-order chi connectivity index (χ1) is 23.7. The van der Waals surface area contributed by atoms with Gasteiger partial charge in [0.2, 0.25) is 0 Å². The summed E-state index contributed by atoms with van der Waals surface area (Å²) in [7, 11) is -2.60. The molecule has 0 radical (unpaired) electrons.